The Morgan fingerprint density at radius 2 is 1.69 bits per heavy atom. The van der Waals surface area contributed by atoms with Crippen molar-refractivity contribution in [2.24, 2.45) is 0 Å². The first-order valence-corrected chi connectivity index (χ1v) is 6.50. The molecule has 1 aromatic heterocycles. The highest BCUT2D eigenvalue weighted by molar-refractivity contribution is 4.93. The van der Waals surface area contributed by atoms with Crippen molar-refractivity contribution in [2.45, 2.75) is 64.7 Å². The molecule has 0 aliphatic heterocycles. The van der Waals surface area contributed by atoms with Crippen molar-refractivity contribution in [3.63, 3.8) is 0 Å². The summed E-state index contributed by atoms with van der Waals surface area (Å²) in [5.74, 6) is 0.788. The van der Waals surface area contributed by atoms with Gasteiger partial charge >= 0.3 is 0 Å². The molecule has 3 heteroatoms. The van der Waals surface area contributed by atoms with Gasteiger partial charge in [0.1, 0.15) is 5.76 Å². The molecule has 0 amide bonds. The second kappa shape index (κ2) is 8.20. The van der Waals surface area contributed by atoms with Crippen LogP contribution < -0.4 is 5.56 Å². The van der Waals surface area contributed by atoms with E-state index in [-0.39, 0.29) is 5.56 Å². The van der Waals surface area contributed by atoms with E-state index in [1.54, 1.807) is 6.07 Å². The number of nitrogens with one attached hydrogen (secondary N) is 1. The first-order chi connectivity index (χ1) is 7.83. The molecule has 0 unspecified atom stereocenters. The predicted octanol–water partition coefficient (Wildman–Crippen LogP) is 3.65. The quantitative estimate of drug-likeness (QED) is 0.652. The van der Waals surface area contributed by atoms with Crippen molar-refractivity contribution >= 4 is 0 Å². The largest absolute Gasteiger partial charge is 0.384 e. The van der Waals surface area contributed by atoms with E-state index in [2.05, 4.69) is 12.1 Å². The molecule has 92 valence electrons. The van der Waals surface area contributed by atoms with E-state index in [1.807, 2.05) is 0 Å². The van der Waals surface area contributed by atoms with Gasteiger partial charge in [0.25, 0.3) is 5.56 Å². The van der Waals surface area contributed by atoms with Crippen LogP contribution in [0.2, 0.25) is 0 Å². The maximum absolute atomic E-state index is 10.8. The highest BCUT2D eigenvalue weighted by atomic mass is 16.5. The van der Waals surface area contributed by atoms with Gasteiger partial charge in [0.2, 0.25) is 0 Å². The number of unbranched alkanes of at least 4 members (excludes halogenated alkanes) is 7. The summed E-state index contributed by atoms with van der Waals surface area (Å²) in [6.45, 7) is 2.24. The van der Waals surface area contributed by atoms with Gasteiger partial charge < -0.3 is 4.52 Å². The van der Waals surface area contributed by atoms with E-state index in [0.717, 1.165) is 18.6 Å². The zero-order valence-corrected chi connectivity index (χ0v) is 10.3. The lowest BCUT2D eigenvalue weighted by Gasteiger charge is -2.00. The molecule has 3 nitrogen and oxygen atoms in total. The zero-order valence-electron chi connectivity index (χ0n) is 10.3. The number of aromatic nitrogens is 1. The summed E-state index contributed by atoms with van der Waals surface area (Å²) >= 11 is 0. The average Bonchev–Trinajstić information content (AvgIpc) is 2.68. The van der Waals surface area contributed by atoms with Gasteiger partial charge in [-0.25, -0.2) is 0 Å². The first kappa shape index (κ1) is 13.1. The van der Waals surface area contributed by atoms with Gasteiger partial charge in [-0.05, 0) is 6.42 Å². The standard InChI is InChI=1S/C13H23NO2/c1-2-3-4-5-6-7-8-9-10-12-11-13(15)14-16-12/h11H,2-10H2,1H3,(H,14,15). The van der Waals surface area contributed by atoms with Gasteiger partial charge in [0.15, 0.2) is 0 Å². The van der Waals surface area contributed by atoms with Crippen LogP contribution in [-0.4, -0.2) is 5.16 Å². The second-order valence-electron chi connectivity index (χ2n) is 4.40. The maximum atomic E-state index is 10.8. The van der Waals surface area contributed by atoms with E-state index >= 15 is 0 Å². The van der Waals surface area contributed by atoms with Crippen molar-refractivity contribution in [3.05, 3.63) is 22.2 Å². The van der Waals surface area contributed by atoms with Crippen molar-refractivity contribution in [2.75, 3.05) is 0 Å². The van der Waals surface area contributed by atoms with Crippen LogP contribution in [0.1, 0.15) is 64.1 Å². The first-order valence-electron chi connectivity index (χ1n) is 6.50. The van der Waals surface area contributed by atoms with Crippen LogP contribution in [0, 0.1) is 0 Å². The smallest absolute Gasteiger partial charge is 0.280 e. The molecule has 1 heterocycles. The summed E-state index contributed by atoms with van der Waals surface area (Å²) in [5.41, 5.74) is -0.130. The van der Waals surface area contributed by atoms with E-state index in [4.69, 9.17) is 4.52 Å². The molecule has 0 aromatic carbocycles. The summed E-state index contributed by atoms with van der Waals surface area (Å²) in [6, 6.07) is 1.54. The van der Waals surface area contributed by atoms with Gasteiger partial charge in [0, 0.05) is 12.5 Å². The monoisotopic (exact) mass is 225 g/mol. The molecule has 0 saturated heterocycles. The molecule has 0 aliphatic rings. The summed E-state index contributed by atoms with van der Waals surface area (Å²) in [7, 11) is 0. The number of rotatable bonds is 9. The van der Waals surface area contributed by atoms with Gasteiger partial charge in [-0.1, -0.05) is 51.9 Å². The lowest BCUT2D eigenvalue weighted by atomic mass is 10.1. The Hall–Kier alpha value is -0.990. The van der Waals surface area contributed by atoms with Gasteiger partial charge in [-0.3, -0.25) is 4.79 Å². The number of aromatic amines is 1. The zero-order chi connectivity index (χ0) is 11.6. The Balaban J connectivity index is 1.90. The summed E-state index contributed by atoms with van der Waals surface area (Å²) in [4.78, 5) is 10.8. The van der Waals surface area contributed by atoms with Gasteiger partial charge in [0.05, 0.1) is 0 Å². The Morgan fingerprint density at radius 1 is 1.06 bits per heavy atom. The second-order valence-corrected chi connectivity index (χ2v) is 4.40. The molecule has 0 bridgehead atoms. The fourth-order valence-electron chi connectivity index (χ4n) is 1.88. The number of hydrogen-bond donors (Lipinski definition) is 1. The molecular formula is C13H23NO2. The van der Waals surface area contributed by atoms with Crippen molar-refractivity contribution in [1.82, 2.24) is 5.16 Å². The molecule has 0 aliphatic carbocycles. The van der Waals surface area contributed by atoms with Crippen LogP contribution in [0.25, 0.3) is 0 Å². The Labute approximate surface area is 97.2 Å². The topological polar surface area (TPSA) is 46.0 Å². The normalized spacial score (nSPS) is 10.8. The van der Waals surface area contributed by atoms with E-state index in [1.165, 1.54) is 44.9 Å². The fraction of sp³-hybridized carbons (Fsp3) is 0.769. The molecular weight excluding hydrogens is 202 g/mol. The van der Waals surface area contributed by atoms with E-state index in [0.29, 0.717) is 0 Å². The highest BCUT2D eigenvalue weighted by Crippen LogP contribution is 2.10. The Bertz CT molecular complexity index is 314. The molecule has 0 radical (unpaired) electrons. The highest BCUT2D eigenvalue weighted by Gasteiger charge is 1.99. The molecule has 16 heavy (non-hydrogen) atoms. The molecule has 0 fully saturated rings. The van der Waals surface area contributed by atoms with Crippen LogP contribution in [0.3, 0.4) is 0 Å². The third kappa shape index (κ3) is 5.79. The molecule has 1 rings (SSSR count). The number of aryl methyl sites for hydroxylation is 1. The Kier molecular flexibility index (Phi) is 6.70. The van der Waals surface area contributed by atoms with Crippen LogP contribution in [0.5, 0.6) is 0 Å². The predicted molar refractivity (Wildman–Crippen MR) is 65.6 cm³/mol. The minimum atomic E-state index is -0.130. The molecule has 1 aromatic rings. The summed E-state index contributed by atoms with van der Waals surface area (Å²) in [6.07, 6.45) is 11.3. The van der Waals surface area contributed by atoms with Crippen LogP contribution in [0.4, 0.5) is 0 Å². The SMILES string of the molecule is CCCCCCCCCCc1cc(=O)[nH]o1. The van der Waals surface area contributed by atoms with E-state index < -0.39 is 0 Å². The van der Waals surface area contributed by atoms with Crippen LogP contribution >= 0.6 is 0 Å². The minimum Gasteiger partial charge on any atom is -0.384 e. The van der Waals surface area contributed by atoms with Crippen LogP contribution in [-0.2, 0) is 6.42 Å². The van der Waals surface area contributed by atoms with E-state index in [9.17, 15) is 4.79 Å². The maximum Gasteiger partial charge on any atom is 0.280 e. The molecule has 0 spiro atoms. The molecule has 0 atom stereocenters. The fourth-order valence-corrected chi connectivity index (χ4v) is 1.88. The van der Waals surface area contributed by atoms with Crippen molar-refractivity contribution < 1.29 is 4.52 Å². The minimum absolute atomic E-state index is 0.130. The third-order valence-corrected chi connectivity index (χ3v) is 2.85. The van der Waals surface area contributed by atoms with Crippen molar-refractivity contribution in [1.29, 1.82) is 0 Å². The lowest BCUT2D eigenvalue weighted by Crippen LogP contribution is -1.93. The van der Waals surface area contributed by atoms with Crippen LogP contribution in [0.15, 0.2) is 15.4 Å². The molecule has 1 N–H and O–H groups in total. The third-order valence-electron chi connectivity index (χ3n) is 2.85. The number of hydrogen-bond acceptors (Lipinski definition) is 2. The Morgan fingerprint density at radius 3 is 2.25 bits per heavy atom. The van der Waals surface area contributed by atoms with Crippen molar-refractivity contribution in [3.8, 4) is 0 Å². The number of H-pyrrole nitrogens is 1. The molecule has 0 saturated carbocycles. The summed E-state index contributed by atoms with van der Waals surface area (Å²) in [5, 5.41) is 2.31. The van der Waals surface area contributed by atoms with Gasteiger partial charge in [-0.2, -0.15) is 5.16 Å². The average molecular weight is 225 g/mol. The summed E-state index contributed by atoms with van der Waals surface area (Å²) < 4.78 is 4.99. The van der Waals surface area contributed by atoms with Gasteiger partial charge in [-0.15, -0.1) is 0 Å². The lowest BCUT2D eigenvalue weighted by molar-refractivity contribution is 0.374.